The highest BCUT2D eigenvalue weighted by Crippen LogP contribution is 2.30. The molecule has 3 rings (SSSR count). The average molecular weight is 349 g/mol. The molecule has 0 bridgehead atoms. The maximum atomic E-state index is 14.4. The first kappa shape index (κ1) is 17.5. The van der Waals surface area contributed by atoms with E-state index in [4.69, 9.17) is 0 Å². The molecule has 0 saturated carbocycles. The van der Waals surface area contributed by atoms with Crippen LogP contribution in [0.2, 0.25) is 0 Å². The topological polar surface area (TPSA) is 32.6 Å². The van der Waals surface area contributed by atoms with Crippen LogP contribution >= 0.6 is 0 Å². The Hall–Kier alpha value is -3.27. The number of aliphatic imine (C=N–C) groups is 1. The highest BCUT2D eigenvalue weighted by Gasteiger charge is 2.12. The van der Waals surface area contributed by atoms with Crippen molar-refractivity contribution < 1.29 is 13.9 Å². The Morgan fingerprint density at radius 3 is 2.23 bits per heavy atom. The Kier molecular flexibility index (Phi) is 4.94. The molecule has 0 radical (unpaired) electrons. The predicted octanol–water partition coefficient (Wildman–Crippen LogP) is 6.04. The summed E-state index contributed by atoms with van der Waals surface area (Å²) in [5.41, 5.74) is 2.71. The summed E-state index contributed by atoms with van der Waals surface area (Å²) in [6.45, 7) is 5.41. The normalized spacial score (nSPS) is 11.0. The van der Waals surface area contributed by atoms with Crippen LogP contribution in [-0.2, 0) is 0 Å². The Bertz CT molecular complexity index is 969. The van der Waals surface area contributed by atoms with Crippen LogP contribution < -0.4 is 0 Å². The summed E-state index contributed by atoms with van der Waals surface area (Å²) in [4.78, 5) is 3.89. The number of hydrogen-bond acceptors (Lipinski definition) is 2. The first-order chi connectivity index (χ1) is 12.5. The Morgan fingerprint density at radius 1 is 0.962 bits per heavy atom. The first-order valence-corrected chi connectivity index (χ1v) is 8.04. The molecule has 0 aromatic heterocycles. The first-order valence-electron chi connectivity index (χ1n) is 8.04. The molecule has 0 atom stereocenters. The van der Waals surface area contributed by atoms with E-state index in [9.17, 15) is 13.9 Å². The monoisotopic (exact) mass is 349 g/mol. The van der Waals surface area contributed by atoms with Gasteiger partial charge in [-0.15, -0.1) is 0 Å². The molecule has 0 amide bonds. The van der Waals surface area contributed by atoms with Crippen LogP contribution in [0.25, 0.3) is 17.2 Å². The third-order valence-electron chi connectivity index (χ3n) is 4.10. The molecule has 130 valence electrons. The number of aryl methyl sites for hydroxylation is 1. The smallest absolute Gasteiger partial charge is 0.152 e. The predicted molar refractivity (Wildman–Crippen MR) is 102 cm³/mol. The summed E-state index contributed by atoms with van der Waals surface area (Å²) in [5, 5.41) is 9.96. The van der Waals surface area contributed by atoms with E-state index in [2.05, 4.69) is 11.6 Å². The molecule has 0 unspecified atom stereocenters. The zero-order valence-electron chi connectivity index (χ0n) is 14.2. The molecule has 0 aliphatic heterocycles. The maximum absolute atomic E-state index is 14.4. The van der Waals surface area contributed by atoms with E-state index < -0.39 is 17.3 Å². The molecule has 2 nitrogen and oxygen atoms in total. The molecule has 1 N–H and O–H groups in total. The molecule has 0 aliphatic carbocycles. The third kappa shape index (κ3) is 3.54. The largest absolute Gasteiger partial charge is 0.507 e. The minimum absolute atomic E-state index is 0.0380. The van der Waals surface area contributed by atoms with Gasteiger partial charge in [0.2, 0.25) is 0 Å². The van der Waals surface area contributed by atoms with E-state index in [0.29, 0.717) is 22.3 Å². The lowest BCUT2D eigenvalue weighted by Crippen LogP contribution is -1.89. The number of phenols is 1. The average Bonchev–Trinajstić information content (AvgIpc) is 2.64. The summed E-state index contributed by atoms with van der Waals surface area (Å²) < 4.78 is 28.8. The summed E-state index contributed by atoms with van der Waals surface area (Å²) in [7, 11) is 0. The second kappa shape index (κ2) is 7.31. The van der Waals surface area contributed by atoms with Crippen LogP contribution in [0.4, 0.5) is 14.5 Å². The van der Waals surface area contributed by atoms with Crippen molar-refractivity contribution in [2.45, 2.75) is 6.92 Å². The standard InChI is InChI=1S/C22H17F2NO/c1-3-15-7-9-16(10-8-15)18-11-19(23)21(20(24)12-18)25-13-17-6-4-5-14(2)22(17)26/h3-13,26H,1H2,2H3. The molecule has 4 heteroatoms. The molecular weight excluding hydrogens is 332 g/mol. The van der Waals surface area contributed by atoms with E-state index in [-0.39, 0.29) is 5.75 Å². The van der Waals surface area contributed by atoms with E-state index >= 15 is 0 Å². The zero-order valence-corrected chi connectivity index (χ0v) is 14.2. The van der Waals surface area contributed by atoms with E-state index in [1.54, 1.807) is 43.3 Å². The van der Waals surface area contributed by atoms with Crippen LogP contribution in [0.3, 0.4) is 0 Å². The van der Waals surface area contributed by atoms with Crippen molar-refractivity contribution in [1.29, 1.82) is 0 Å². The summed E-state index contributed by atoms with van der Waals surface area (Å²) in [6, 6.07) is 14.8. The molecule has 0 aliphatic rings. The van der Waals surface area contributed by atoms with Crippen LogP contribution in [0.5, 0.6) is 5.75 Å². The van der Waals surface area contributed by atoms with Crippen molar-refractivity contribution in [3.63, 3.8) is 0 Å². The van der Waals surface area contributed by atoms with Crippen LogP contribution in [0, 0.1) is 18.6 Å². The fourth-order valence-corrected chi connectivity index (χ4v) is 2.59. The molecule has 0 fully saturated rings. The summed E-state index contributed by atoms with van der Waals surface area (Å²) >= 11 is 0. The summed E-state index contributed by atoms with van der Waals surface area (Å²) in [5.74, 6) is -1.50. The van der Waals surface area contributed by atoms with Crippen molar-refractivity contribution >= 4 is 18.0 Å². The van der Waals surface area contributed by atoms with E-state index in [1.807, 2.05) is 12.1 Å². The van der Waals surface area contributed by atoms with Gasteiger partial charge in [0, 0.05) is 11.8 Å². The highest BCUT2D eigenvalue weighted by molar-refractivity contribution is 5.86. The lowest BCUT2D eigenvalue weighted by Gasteiger charge is -2.06. The number of phenolic OH excluding ortho intramolecular Hbond substituents is 1. The molecule has 3 aromatic rings. The number of halogens is 2. The molecule has 0 heterocycles. The number of rotatable bonds is 4. The van der Waals surface area contributed by atoms with E-state index in [1.165, 1.54) is 18.3 Å². The Morgan fingerprint density at radius 2 is 1.62 bits per heavy atom. The minimum Gasteiger partial charge on any atom is -0.507 e. The lowest BCUT2D eigenvalue weighted by molar-refractivity contribution is 0.470. The Balaban J connectivity index is 1.95. The van der Waals surface area contributed by atoms with Crippen molar-refractivity contribution in [2.75, 3.05) is 0 Å². The summed E-state index contributed by atoms with van der Waals surface area (Å²) in [6.07, 6.45) is 2.95. The highest BCUT2D eigenvalue weighted by atomic mass is 19.1. The minimum atomic E-state index is -0.767. The maximum Gasteiger partial charge on any atom is 0.152 e. The van der Waals surface area contributed by atoms with Gasteiger partial charge in [0.1, 0.15) is 11.4 Å². The van der Waals surface area contributed by atoms with Gasteiger partial charge in [-0.1, -0.05) is 49.1 Å². The molecule has 26 heavy (non-hydrogen) atoms. The van der Waals surface area contributed by atoms with Crippen molar-refractivity contribution in [3.05, 3.63) is 89.5 Å². The van der Waals surface area contributed by atoms with Crippen LogP contribution in [0.15, 0.2) is 66.2 Å². The number of benzene rings is 3. The van der Waals surface area contributed by atoms with Gasteiger partial charge >= 0.3 is 0 Å². The molecule has 0 saturated heterocycles. The van der Waals surface area contributed by atoms with Crippen molar-refractivity contribution in [2.24, 2.45) is 4.99 Å². The molecular formula is C22H17F2NO. The van der Waals surface area contributed by atoms with Gasteiger partial charge in [-0.2, -0.15) is 0 Å². The SMILES string of the molecule is C=Cc1ccc(-c2cc(F)c(N=Cc3cccc(C)c3O)c(F)c2)cc1. The van der Waals surface area contributed by atoms with Crippen LogP contribution in [0.1, 0.15) is 16.7 Å². The van der Waals surface area contributed by atoms with Gasteiger partial charge in [-0.3, -0.25) is 0 Å². The van der Waals surface area contributed by atoms with Gasteiger partial charge in [0.05, 0.1) is 0 Å². The van der Waals surface area contributed by atoms with Gasteiger partial charge in [0.25, 0.3) is 0 Å². The molecule has 0 spiro atoms. The Labute approximate surface area is 150 Å². The molecule has 3 aromatic carbocycles. The number of para-hydroxylation sites is 1. The van der Waals surface area contributed by atoms with Gasteiger partial charge in [-0.25, -0.2) is 13.8 Å². The fourth-order valence-electron chi connectivity index (χ4n) is 2.59. The second-order valence-corrected chi connectivity index (χ2v) is 5.89. The van der Waals surface area contributed by atoms with Gasteiger partial charge < -0.3 is 5.11 Å². The van der Waals surface area contributed by atoms with Gasteiger partial charge in [-0.05, 0) is 47.4 Å². The third-order valence-corrected chi connectivity index (χ3v) is 4.10. The van der Waals surface area contributed by atoms with Crippen LogP contribution in [-0.4, -0.2) is 11.3 Å². The fraction of sp³-hybridized carbons (Fsp3) is 0.0455. The van der Waals surface area contributed by atoms with E-state index in [0.717, 1.165) is 5.56 Å². The quantitative estimate of drug-likeness (QED) is 0.572. The number of hydrogen-bond donors (Lipinski definition) is 1. The number of nitrogens with zero attached hydrogens (tertiary/aromatic N) is 1. The van der Waals surface area contributed by atoms with Crippen molar-refractivity contribution in [3.8, 4) is 16.9 Å². The lowest BCUT2D eigenvalue weighted by atomic mass is 10.0. The number of aromatic hydroxyl groups is 1. The second-order valence-electron chi connectivity index (χ2n) is 5.89. The zero-order chi connectivity index (χ0) is 18.7. The van der Waals surface area contributed by atoms with Crippen molar-refractivity contribution in [1.82, 2.24) is 0 Å². The van der Waals surface area contributed by atoms with Gasteiger partial charge in [0.15, 0.2) is 11.6 Å².